The number of nitrogens with one attached hydrogen (secondary N) is 1. The van der Waals surface area contributed by atoms with Crippen LogP contribution in [0.25, 0.3) is 0 Å². The van der Waals surface area contributed by atoms with Gasteiger partial charge in [-0.1, -0.05) is 19.0 Å². The van der Waals surface area contributed by atoms with Gasteiger partial charge in [0, 0.05) is 31.5 Å². The third kappa shape index (κ3) is 4.42. The van der Waals surface area contributed by atoms with Crippen LogP contribution in [0, 0.1) is 0 Å². The zero-order valence-electron chi connectivity index (χ0n) is 14.0. The monoisotopic (exact) mass is 333 g/mol. The van der Waals surface area contributed by atoms with Crippen molar-refractivity contribution in [1.29, 1.82) is 0 Å². The Morgan fingerprint density at radius 1 is 1.50 bits per heavy atom. The summed E-state index contributed by atoms with van der Waals surface area (Å²) in [6.07, 6.45) is 3.69. The van der Waals surface area contributed by atoms with Crippen LogP contribution in [0.3, 0.4) is 0 Å². The summed E-state index contributed by atoms with van der Waals surface area (Å²) in [5.41, 5.74) is 0.830. The van der Waals surface area contributed by atoms with E-state index in [1.807, 2.05) is 30.8 Å². The van der Waals surface area contributed by atoms with Gasteiger partial charge in [-0.2, -0.15) is 5.10 Å². The van der Waals surface area contributed by atoms with Gasteiger partial charge in [-0.15, -0.1) is 0 Å². The Balaban J connectivity index is 1.48. The highest BCUT2D eigenvalue weighted by Crippen LogP contribution is 2.17. The Morgan fingerprint density at radius 3 is 3.08 bits per heavy atom. The molecule has 1 aliphatic heterocycles. The molecule has 24 heavy (non-hydrogen) atoms. The fourth-order valence-electron chi connectivity index (χ4n) is 2.65. The van der Waals surface area contributed by atoms with Crippen molar-refractivity contribution in [2.45, 2.75) is 32.4 Å². The van der Waals surface area contributed by atoms with E-state index in [1.54, 1.807) is 12.3 Å². The molecule has 0 saturated carbocycles. The van der Waals surface area contributed by atoms with Gasteiger partial charge in [0.05, 0.1) is 31.5 Å². The van der Waals surface area contributed by atoms with Crippen LogP contribution < -0.4 is 5.32 Å². The number of hydrogen-bond acceptors (Lipinski definition) is 6. The molecule has 0 aromatic carbocycles. The number of anilines is 1. The molecule has 130 valence electrons. The minimum atomic E-state index is -0.110. The molecule has 1 saturated heterocycles. The molecular weight excluding hydrogens is 310 g/mol. The zero-order valence-corrected chi connectivity index (χ0v) is 14.0. The number of amides is 1. The summed E-state index contributed by atoms with van der Waals surface area (Å²) < 4.78 is 12.7. The number of hydrogen-bond donors (Lipinski definition) is 1. The van der Waals surface area contributed by atoms with Gasteiger partial charge in [0.1, 0.15) is 0 Å². The summed E-state index contributed by atoms with van der Waals surface area (Å²) in [7, 11) is 0. The Bertz CT molecular complexity index is 652. The predicted molar refractivity (Wildman–Crippen MR) is 87.6 cm³/mol. The van der Waals surface area contributed by atoms with Crippen LogP contribution in [0.2, 0.25) is 0 Å². The molecule has 0 radical (unpaired) electrons. The van der Waals surface area contributed by atoms with Crippen molar-refractivity contribution in [3.8, 4) is 0 Å². The molecule has 0 bridgehead atoms. The Labute approximate surface area is 140 Å². The first kappa shape index (κ1) is 16.7. The molecule has 1 fully saturated rings. The highest BCUT2D eigenvalue weighted by Gasteiger charge is 2.23. The fourth-order valence-corrected chi connectivity index (χ4v) is 2.65. The Hall–Kier alpha value is -2.19. The van der Waals surface area contributed by atoms with Crippen molar-refractivity contribution in [2.24, 2.45) is 0 Å². The molecule has 1 unspecified atom stereocenters. The van der Waals surface area contributed by atoms with Crippen LogP contribution in [-0.4, -0.2) is 58.1 Å². The third-order valence-corrected chi connectivity index (χ3v) is 3.92. The summed E-state index contributed by atoms with van der Waals surface area (Å²) >= 11 is 0. The van der Waals surface area contributed by atoms with Crippen LogP contribution in [0.15, 0.2) is 29.0 Å². The molecule has 2 aromatic heterocycles. The summed E-state index contributed by atoms with van der Waals surface area (Å²) in [6.45, 7) is 7.08. The van der Waals surface area contributed by atoms with E-state index in [1.165, 1.54) is 0 Å². The van der Waals surface area contributed by atoms with Gasteiger partial charge in [0.2, 0.25) is 11.8 Å². The van der Waals surface area contributed by atoms with Crippen molar-refractivity contribution in [3.63, 3.8) is 0 Å². The van der Waals surface area contributed by atoms with E-state index >= 15 is 0 Å². The quantitative estimate of drug-likeness (QED) is 0.858. The molecule has 8 nitrogen and oxygen atoms in total. The number of nitrogens with zero attached hydrogens (tertiary/aromatic N) is 4. The number of carbonyl (C=O) groups excluding carboxylic acids is 1. The van der Waals surface area contributed by atoms with E-state index in [2.05, 4.69) is 20.5 Å². The molecule has 1 N–H and O–H groups in total. The lowest BCUT2D eigenvalue weighted by Gasteiger charge is -2.32. The maximum absolute atomic E-state index is 12.2. The second-order valence-electron chi connectivity index (χ2n) is 6.27. The van der Waals surface area contributed by atoms with Crippen molar-refractivity contribution in [2.75, 3.05) is 31.6 Å². The minimum Gasteiger partial charge on any atom is -0.374 e. The van der Waals surface area contributed by atoms with Crippen LogP contribution in [-0.2, 0) is 16.1 Å². The van der Waals surface area contributed by atoms with Gasteiger partial charge in [-0.25, -0.2) is 0 Å². The van der Waals surface area contributed by atoms with Gasteiger partial charge in [0.15, 0.2) is 0 Å². The van der Waals surface area contributed by atoms with Crippen molar-refractivity contribution < 1.29 is 14.1 Å². The zero-order chi connectivity index (χ0) is 16.9. The maximum atomic E-state index is 12.2. The van der Waals surface area contributed by atoms with Gasteiger partial charge >= 0.3 is 0 Å². The summed E-state index contributed by atoms with van der Waals surface area (Å²) in [5.74, 6) is 0.549. The molecule has 1 aliphatic rings. The molecule has 0 spiro atoms. The van der Waals surface area contributed by atoms with Crippen LogP contribution >= 0.6 is 0 Å². The topological polar surface area (TPSA) is 85.4 Å². The Morgan fingerprint density at radius 2 is 2.38 bits per heavy atom. The largest absolute Gasteiger partial charge is 0.374 e. The molecule has 0 aliphatic carbocycles. The first-order chi connectivity index (χ1) is 11.6. The van der Waals surface area contributed by atoms with Gasteiger partial charge < -0.3 is 9.26 Å². The lowest BCUT2D eigenvalue weighted by molar-refractivity contribution is -0.119. The molecule has 2 aromatic rings. The minimum absolute atomic E-state index is 0.0317. The predicted octanol–water partition coefficient (Wildman–Crippen LogP) is 1.33. The SMILES string of the molecule is CC(C)c1cc(NC(=O)CN2CCOC(Cn3cccn3)C2)on1. The third-order valence-electron chi connectivity index (χ3n) is 3.92. The molecule has 1 amide bonds. The normalized spacial score (nSPS) is 18.9. The van der Waals surface area contributed by atoms with Gasteiger partial charge in [0.25, 0.3) is 0 Å². The van der Waals surface area contributed by atoms with E-state index in [9.17, 15) is 4.79 Å². The molecular formula is C16H23N5O3. The highest BCUT2D eigenvalue weighted by atomic mass is 16.5. The lowest BCUT2D eigenvalue weighted by Crippen LogP contribution is -2.47. The fraction of sp³-hybridized carbons (Fsp3) is 0.562. The summed E-state index contributed by atoms with van der Waals surface area (Å²) in [6, 6.07) is 3.65. The number of rotatable bonds is 6. The first-order valence-electron chi connectivity index (χ1n) is 8.18. The van der Waals surface area contributed by atoms with Crippen molar-refractivity contribution in [3.05, 3.63) is 30.2 Å². The van der Waals surface area contributed by atoms with Crippen molar-refractivity contribution >= 4 is 11.8 Å². The van der Waals surface area contributed by atoms with E-state index in [-0.39, 0.29) is 17.9 Å². The molecule has 3 heterocycles. The first-order valence-corrected chi connectivity index (χ1v) is 8.18. The van der Waals surface area contributed by atoms with E-state index in [0.29, 0.717) is 32.1 Å². The standard InChI is InChI=1S/C16H23N5O3/c1-12(2)14-8-16(24-19-14)18-15(22)11-20-6-7-23-13(9-20)10-21-5-3-4-17-21/h3-5,8,12-13H,6-7,9-11H2,1-2H3,(H,18,22). The van der Waals surface area contributed by atoms with Gasteiger partial charge in [-0.05, 0) is 12.0 Å². The van der Waals surface area contributed by atoms with E-state index in [0.717, 1.165) is 12.2 Å². The smallest absolute Gasteiger partial charge is 0.240 e. The number of ether oxygens (including phenoxy) is 1. The van der Waals surface area contributed by atoms with Crippen LogP contribution in [0.4, 0.5) is 5.88 Å². The van der Waals surface area contributed by atoms with E-state index < -0.39 is 0 Å². The van der Waals surface area contributed by atoms with E-state index in [4.69, 9.17) is 9.26 Å². The number of aromatic nitrogens is 3. The maximum Gasteiger partial charge on any atom is 0.240 e. The average molecular weight is 333 g/mol. The highest BCUT2D eigenvalue weighted by molar-refractivity contribution is 5.90. The number of morpholine rings is 1. The average Bonchev–Trinajstić information content (AvgIpc) is 3.19. The molecule has 8 heteroatoms. The summed E-state index contributed by atoms with van der Waals surface area (Å²) in [5, 5.41) is 10.9. The van der Waals surface area contributed by atoms with Crippen LogP contribution in [0.1, 0.15) is 25.5 Å². The molecule has 1 atom stereocenters. The lowest BCUT2D eigenvalue weighted by atomic mass is 10.1. The van der Waals surface area contributed by atoms with Crippen molar-refractivity contribution in [1.82, 2.24) is 19.8 Å². The second-order valence-corrected chi connectivity index (χ2v) is 6.27. The second kappa shape index (κ2) is 7.59. The van der Waals surface area contributed by atoms with Crippen LogP contribution in [0.5, 0.6) is 0 Å². The molecule has 3 rings (SSSR count). The Kier molecular flexibility index (Phi) is 5.27. The van der Waals surface area contributed by atoms with Gasteiger partial charge in [-0.3, -0.25) is 19.7 Å². The summed E-state index contributed by atoms with van der Waals surface area (Å²) in [4.78, 5) is 14.3. The number of carbonyl (C=O) groups is 1.